The highest BCUT2D eigenvalue weighted by Gasteiger charge is 2.13. The van der Waals surface area contributed by atoms with E-state index in [1.54, 1.807) is 0 Å². The number of hydrogen-bond acceptors (Lipinski definition) is 3. The minimum Gasteiger partial charge on any atom is -0.478 e. The molecule has 0 aliphatic carbocycles. The Morgan fingerprint density at radius 1 is 0.862 bits per heavy atom. The number of nitrogens with one attached hydrogen (secondary N) is 2. The summed E-state index contributed by atoms with van der Waals surface area (Å²) >= 11 is 0. The first-order chi connectivity index (χ1) is 13.8. The standard InChI is InChI=1S/C23H20N2O4/c1-14(17-8-7-16-5-3-4-6-18(16)12-17)11-22(27)25-21-10-9-19(24-15(2)26)13-20(21)23(28)29/h3-13H,1-2H3,(H,24,26)(H,25,27)(H,28,29)/b14-11-. The molecule has 0 aliphatic heterocycles. The number of fused-ring (bicyclic) bond motifs is 1. The van der Waals surface area contributed by atoms with Gasteiger partial charge in [0.2, 0.25) is 11.8 Å². The van der Waals surface area contributed by atoms with Crippen LogP contribution in [0.4, 0.5) is 11.4 Å². The summed E-state index contributed by atoms with van der Waals surface area (Å²) in [7, 11) is 0. The number of carboxylic acid groups (broad SMARTS) is 1. The highest BCUT2D eigenvalue weighted by atomic mass is 16.4. The van der Waals surface area contributed by atoms with Crippen LogP contribution in [0.15, 0.2) is 66.7 Å². The number of aromatic carboxylic acids is 1. The van der Waals surface area contributed by atoms with Crippen LogP contribution in [0, 0.1) is 0 Å². The largest absolute Gasteiger partial charge is 0.478 e. The fourth-order valence-corrected chi connectivity index (χ4v) is 2.99. The number of amides is 2. The average Bonchev–Trinajstić information content (AvgIpc) is 2.68. The third kappa shape index (κ3) is 4.87. The van der Waals surface area contributed by atoms with E-state index >= 15 is 0 Å². The summed E-state index contributed by atoms with van der Waals surface area (Å²) in [5.41, 5.74) is 2.04. The van der Waals surface area contributed by atoms with Gasteiger partial charge in [0.1, 0.15) is 0 Å². The van der Waals surface area contributed by atoms with Gasteiger partial charge in [0.05, 0.1) is 11.3 Å². The Morgan fingerprint density at radius 2 is 1.59 bits per heavy atom. The molecule has 3 N–H and O–H groups in total. The molecule has 6 heteroatoms. The summed E-state index contributed by atoms with van der Waals surface area (Å²) in [4.78, 5) is 35.1. The van der Waals surface area contributed by atoms with Crippen molar-refractivity contribution in [2.75, 3.05) is 10.6 Å². The molecule has 0 saturated heterocycles. The van der Waals surface area contributed by atoms with Gasteiger partial charge in [-0.15, -0.1) is 0 Å². The summed E-state index contributed by atoms with van der Waals surface area (Å²) in [6.45, 7) is 3.15. The second-order valence-corrected chi connectivity index (χ2v) is 6.63. The van der Waals surface area contributed by atoms with E-state index in [9.17, 15) is 19.5 Å². The molecule has 6 nitrogen and oxygen atoms in total. The minimum atomic E-state index is -1.21. The van der Waals surface area contributed by atoms with Crippen molar-refractivity contribution >= 4 is 45.5 Å². The maximum absolute atomic E-state index is 12.4. The van der Waals surface area contributed by atoms with E-state index in [-0.39, 0.29) is 17.2 Å². The average molecular weight is 388 g/mol. The summed E-state index contributed by atoms with van der Waals surface area (Å²) < 4.78 is 0. The van der Waals surface area contributed by atoms with Gasteiger partial charge in [-0.3, -0.25) is 9.59 Å². The number of carboxylic acids is 1. The van der Waals surface area contributed by atoms with Crippen LogP contribution in [0.3, 0.4) is 0 Å². The van der Waals surface area contributed by atoms with Crippen molar-refractivity contribution < 1.29 is 19.5 Å². The van der Waals surface area contributed by atoms with Gasteiger partial charge >= 0.3 is 5.97 Å². The topological polar surface area (TPSA) is 95.5 Å². The number of rotatable bonds is 5. The maximum atomic E-state index is 12.4. The van der Waals surface area contributed by atoms with E-state index in [0.29, 0.717) is 5.69 Å². The number of carbonyl (C=O) groups excluding carboxylic acids is 2. The van der Waals surface area contributed by atoms with Gasteiger partial charge in [0.25, 0.3) is 0 Å². The van der Waals surface area contributed by atoms with Gasteiger partial charge < -0.3 is 15.7 Å². The molecule has 0 saturated carbocycles. The molecule has 29 heavy (non-hydrogen) atoms. The van der Waals surface area contributed by atoms with Crippen molar-refractivity contribution in [2.45, 2.75) is 13.8 Å². The second kappa shape index (κ2) is 8.39. The molecule has 146 valence electrons. The van der Waals surface area contributed by atoms with E-state index in [2.05, 4.69) is 10.6 Å². The zero-order valence-corrected chi connectivity index (χ0v) is 16.0. The van der Waals surface area contributed by atoms with Crippen molar-refractivity contribution in [1.29, 1.82) is 0 Å². The first-order valence-corrected chi connectivity index (χ1v) is 8.97. The quantitative estimate of drug-likeness (QED) is 0.559. The lowest BCUT2D eigenvalue weighted by Crippen LogP contribution is -2.13. The Bertz CT molecular complexity index is 1150. The van der Waals surface area contributed by atoms with Crippen molar-refractivity contribution in [1.82, 2.24) is 0 Å². The van der Waals surface area contributed by atoms with Gasteiger partial charge in [0.15, 0.2) is 0 Å². The predicted octanol–water partition coefficient (Wildman–Crippen LogP) is 4.54. The Morgan fingerprint density at radius 3 is 2.28 bits per heavy atom. The molecule has 0 radical (unpaired) electrons. The third-order valence-electron chi connectivity index (χ3n) is 4.38. The van der Waals surface area contributed by atoms with Gasteiger partial charge in [-0.2, -0.15) is 0 Å². The molecule has 0 heterocycles. The smallest absolute Gasteiger partial charge is 0.337 e. The molecular formula is C23H20N2O4. The molecule has 0 bridgehead atoms. The molecule has 3 aromatic carbocycles. The van der Waals surface area contributed by atoms with Crippen LogP contribution in [-0.2, 0) is 9.59 Å². The monoisotopic (exact) mass is 388 g/mol. The molecule has 0 atom stereocenters. The normalized spacial score (nSPS) is 11.2. The van der Waals surface area contributed by atoms with Crippen LogP contribution in [0.5, 0.6) is 0 Å². The van der Waals surface area contributed by atoms with Crippen molar-refractivity contribution in [3.8, 4) is 0 Å². The van der Waals surface area contributed by atoms with Gasteiger partial charge in [-0.05, 0) is 53.1 Å². The molecule has 0 aromatic heterocycles. The van der Waals surface area contributed by atoms with Crippen LogP contribution in [0.1, 0.15) is 29.8 Å². The highest BCUT2D eigenvalue weighted by Crippen LogP contribution is 2.23. The molecule has 3 rings (SSSR count). The maximum Gasteiger partial charge on any atom is 0.337 e. The van der Waals surface area contributed by atoms with Crippen molar-refractivity contribution in [3.05, 3.63) is 77.9 Å². The van der Waals surface area contributed by atoms with E-state index in [1.807, 2.05) is 49.4 Å². The SMILES string of the molecule is CC(=O)Nc1ccc(NC(=O)/C=C(/C)c2ccc3ccccc3c2)c(C(=O)O)c1. The van der Waals surface area contributed by atoms with E-state index in [1.165, 1.54) is 31.2 Å². The lowest BCUT2D eigenvalue weighted by molar-refractivity contribution is -0.114. The highest BCUT2D eigenvalue weighted by molar-refractivity contribution is 6.08. The zero-order chi connectivity index (χ0) is 21.0. The van der Waals surface area contributed by atoms with Crippen LogP contribution in [-0.4, -0.2) is 22.9 Å². The first kappa shape index (κ1) is 19.8. The number of allylic oxidation sites excluding steroid dienone is 1. The fraction of sp³-hybridized carbons (Fsp3) is 0.0870. The lowest BCUT2D eigenvalue weighted by Gasteiger charge is -2.10. The van der Waals surface area contributed by atoms with E-state index in [0.717, 1.165) is 21.9 Å². The summed E-state index contributed by atoms with van der Waals surface area (Å²) in [6.07, 6.45) is 1.43. The predicted molar refractivity (Wildman–Crippen MR) is 114 cm³/mol. The Kier molecular flexibility index (Phi) is 5.74. The van der Waals surface area contributed by atoms with Crippen LogP contribution >= 0.6 is 0 Å². The number of carbonyl (C=O) groups is 3. The summed E-state index contributed by atoms with van der Waals surface area (Å²) in [5.74, 6) is -1.96. The van der Waals surface area contributed by atoms with Gasteiger partial charge in [-0.1, -0.05) is 36.4 Å². The van der Waals surface area contributed by atoms with Crippen LogP contribution in [0.2, 0.25) is 0 Å². The Balaban J connectivity index is 1.83. The van der Waals surface area contributed by atoms with E-state index < -0.39 is 11.9 Å². The minimum absolute atomic E-state index is 0.110. The first-order valence-electron chi connectivity index (χ1n) is 8.97. The van der Waals surface area contributed by atoms with Crippen molar-refractivity contribution in [2.24, 2.45) is 0 Å². The molecule has 2 amide bonds. The molecule has 3 aromatic rings. The Labute approximate surface area is 167 Å². The van der Waals surface area contributed by atoms with Crippen molar-refractivity contribution in [3.63, 3.8) is 0 Å². The number of benzene rings is 3. The van der Waals surface area contributed by atoms with Crippen LogP contribution < -0.4 is 10.6 Å². The molecule has 0 unspecified atom stereocenters. The lowest BCUT2D eigenvalue weighted by atomic mass is 10.0. The fourth-order valence-electron chi connectivity index (χ4n) is 2.99. The number of anilines is 2. The summed E-state index contributed by atoms with van der Waals surface area (Å²) in [5, 5.41) is 16.7. The van der Waals surface area contributed by atoms with Crippen LogP contribution in [0.25, 0.3) is 16.3 Å². The molecule has 0 fully saturated rings. The van der Waals surface area contributed by atoms with Gasteiger partial charge in [-0.25, -0.2) is 4.79 Å². The zero-order valence-electron chi connectivity index (χ0n) is 16.0. The Hall–Kier alpha value is -3.93. The molecular weight excluding hydrogens is 368 g/mol. The third-order valence-corrected chi connectivity index (χ3v) is 4.38. The summed E-state index contributed by atoms with van der Waals surface area (Å²) in [6, 6.07) is 18.2. The molecule has 0 aliphatic rings. The number of hydrogen-bond donors (Lipinski definition) is 3. The molecule has 0 spiro atoms. The van der Waals surface area contributed by atoms with E-state index in [4.69, 9.17) is 0 Å². The van der Waals surface area contributed by atoms with Gasteiger partial charge in [0, 0.05) is 18.7 Å². The second-order valence-electron chi connectivity index (χ2n) is 6.63.